The summed E-state index contributed by atoms with van der Waals surface area (Å²) in [7, 11) is 0. The van der Waals surface area contributed by atoms with Gasteiger partial charge in [-0.15, -0.1) is 0 Å². The van der Waals surface area contributed by atoms with Gasteiger partial charge in [-0.25, -0.2) is 4.39 Å². The van der Waals surface area contributed by atoms with Crippen LogP contribution < -0.4 is 10.2 Å². The van der Waals surface area contributed by atoms with Crippen molar-refractivity contribution < 1.29 is 9.18 Å². The molecule has 1 aliphatic heterocycles. The van der Waals surface area contributed by atoms with Gasteiger partial charge in [0.25, 0.3) is 0 Å². The molecule has 1 aliphatic rings. The second kappa shape index (κ2) is 7.14. The summed E-state index contributed by atoms with van der Waals surface area (Å²) in [4.78, 5) is 14.4. The fourth-order valence-corrected chi connectivity index (χ4v) is 3.02. The van der Waals surface area contributed by atoms with E-state index in [1.807, 2.05) is 11.0 Å². The lowest BCUT2D eigenvalue weighted by Crippen LogP contribution is -2.38. The number of amides is 1. The number of para-hydroxylation sites is 2. The normalized spacial score (nSPS) is 14.9. The summed E-state index contributed by atoms with van der Waals surface area (Å²) >= 11 is 0. The van der Waals surface area contributed by atoms with E-state index in [-0.39, 0.29) is 17.6 Å². The highest BCUT2D eigenvalue weighted by atomic mass is 19.1. The van der Waals surface area contributed by atoms with E-state index in [4.69, 9.17) is 5.26 Å². The molecule has 2 aromatic rings. The van der Waals surface area contributed by atoms with Gasteiger partial charge in [0.15, 0.2) is 0 Å². The number of carbonyl (C=O) groups is 1. The smallest absolute Gasteiger partial charge is 0.227 e. The van der Waals surface area contributed by atoms with Crippen molar-refractivity contribution in [2.75, 3.05) is 23.3 Å². The molecule has 1 amide bonds. The molecule has 0 aromatic heterocycles. The number of halogens is 1. The SMILES string of the molecule is N#Cc1ccccc1NC(=O)C1CCN(c2ccccc2F)CC1. The Bertz CT molecular complexity index is 776. The fourth-order valence-electron chi connectivity index (χ4n) is 3.02. The third kappa shape index (κ3) is 3.38. The van der Waals surface area contributed by atoms with Gasteiger partial charge in [0.2, 0.25) is 5.91 Å². The number of nitriles is 1. The minimum Gasteiger partial charge on any atom is -0.369 e. The first kappa shape index (κ1) is 16.0. The van der Waals surface area contributed by atoms with Crippen LogP contribution in [-0.4, -0.2) is 19.0 Å². The molecule has 3 rings (SSSR count). The quantitative estimate of drug-likeness (QED) is 0.940. The van der Waals surface area contributed by atoms with Gasteiger partial charge in [0, 0.05) is 19.0 Å². The second-order valence-electron chi connectivity index (χ2n) is 5.86. The number of hydrogen-bond acceptors (Lipinski definition) is 3. The zero-order valence-corrected chi connectivity index (χ0v) is 13.2. The van der Waals surface area contributed by atoms with E-state index in [1.54, 1.807) is 36.4 Å². The molecule has 1 fully saturated rings. The average molecular weight is 323 g/mol. The highest BCUT2D eigenvalue weighted by molar-refractivity contribution is 5.93. The van der Waals surface area contributed by atoms with Gasteiger partial charge in [0.05, 0.1) is 16.9 Å². The van der Waals surface area contributed by atoms with Crippen molar-refractivity contribution in [2.24, 2.45) is 5.92 Å². The molecule has 122 valence electrons. The highest BCUT2D eigenvalue weighted by Crippen LogP contribution is 2.26. The summed E-state index contributed by atoms with van der Waals surface area (Å²) in [6, 6.07) is 15.7. The summed E-state index contributed by atoms with van der Waals surface area (Å²) in [5, 5.41) is 11.9. The molecule has 0 saturated carbocycles. The van der Waals surface area contributed by atoms with Crippen LogP contribution in [0.25, 0.3) is 0 Å². The van der Waals surface area contributed by atoms with Crippen LogP contribution in [0.3, 0.4) is 0 Å². The number of hydrogen-bond donors (Lipinski definition) is 1. The van der Waals surface area contributed by atoms with Crippen LogP contribution in [0.2, 0.25) is 0 Å². The zero-order valence-electron chi connectivity index (χ0n) is 13.2. The highest BCUT2D eigenvalue weighted by Gasteiger charge is 2.26. The fraction of sp³-hybridized carbons (Fsp3) is 0.263. The summed E-state index contributed by atoms with van der Waals surface area (Å²) in [6.45, 7) is 1.28. The van der Waals surface area contributed by atoms with Gasteiger partial charge in [-0.1, -0.05) is 24.3 Å². The minimum absolute atomic E-state index is 0.0779. The maximum absolute atomic E-state index is 13.8. The molecule has 1 N–H and O–H groups in total. The number of anilines is 2. The molecule has 5 heteroatoms. The first-order valence-corrected chi connectivity index (χ1v) is 7.98. The van der Waals surface area contributed by atoms with Gasteiger partial charge in [-0.3, -0.25) is 4.79 Å². The van der Waals surface area contributed by atoms with Gasteiger partial charge in [-0.05, 0) is 37.1 Å². The monoisotopic (exact) mass is 323 g/mol. The Balaban J connectivity index is 1.62. The molecule has 24 heavy (non-hydrogen) atoms. The molecule has 2 aromatic carbocycles. The number of piperidine rings is 1. The molecule has 0 radical (unpaired) electrons. The van der Waals surface area contributed by atoms with Crippen LogP contribution >= 0.6 is 0 Å². The first-order valence-electron chi connectivity index (χ1n) is 7.98. The Morgan fingerprint density at radius 2 is 1.79 bits per heavy atom. The van der Waals surface area contributed by atoms with E-state index in [0.29, 0.717) is 42.9 Å². The lowest BCUT2D eigenvalue weighted by Gasteiger charge is -2.33. The predicted octanol–water partition coefficient (Wildman–Crippen LogP) is 3.55. The maximum atomic E-state index is 13.8. The molecule has 0 atom stereocenters. The Morgan fingerprint density at radius 3 is 2.50 bits per heavy atom. The van der Waals surface area contributed by atoms with Crippen LogP contribution in [0.1, 0.15) is 18.4 Å². The van der Waals surface area contributed by atoms with Crippen molar-refractivity contribution in [2.45, 2.75) is 12.8 Å². The molecular formula is C19H18FN3O. The third-order valence-electron chi connectivity index (χ3n) is 4.36. The van der Waals surface area contributed by atoms with Crippen molar-refractivity contribution >= 4 is 17.3 Å². The standard InChI is InChI=1S/C19H18FN3O/c20-16-6-2-4-8-18(16)23-11-9-14(10-12-23)19(24)22-17-7-3-1-5-15(17)13-21/h1-8,14H,9-12H2,(H,22,24). The van der Waals surface area contributed by atoms with Crippen LogP contribution in [0.4, 0.5) is 15.8 Å². The molecule has 0 spiro atoms. The molecule has 0 aliphatic carbocycles. The maximum Gasteiger partial charge on any atom is 0.227 e. The Morgan fingerprint density at radius 1 is 1.12 bits per heavy atom. The van der Waals surface area contributed by atoms with Crippen molar-refractivity contribution in [1.29, 1.82) is 5.26 Å². The van der Waals surface area contributed by atoms with Crippen LogP contribution in [0.5, 0.6) is 0 Å². The number of benzene rings is 2. The molecule has 0 unspecified atom stereocenters. The summed E-state index contributed by atoms with van der Waals surface area (Å²) in [6.07, 6.45) is 1.32. The van der Waals surface area contributed by atoms with Gasteiger partial charge in [0.1, 0.15) is 11.9 Å². The second-order valence-corrected chi connectivity index (χ2v) is 5.86. The average Bonchev–Trinajstić information content (AvgIpc) is 2.63. The number of nitrogens with zero attached hydrogens (tertiary/aromatic N) is 2. The van der Waals surface area contributed by atoms with Crippen LogP contribution in [0.15, 0.2) is 48.5 Å². The third-order valence-corrected chi connectivity index (χ3v) is 4.36. The van der Waals surface area contributed by atoms with E-state index in [0.717, 1.165) is 0 Å². The number of carbonyl (C=O) groups excluding carboxylic acids is 1. The summed E-state index contributed by atoms with van der Waals surface area (Å²) in [5.41, 5.74) is 1.59. The predicted molar refractivity (Wildman–Crippen MR) is 91.1 cm³/mol. The minimum atomic E-state index is -0.233. The largest absolute Gasteiger partial charge is 0.369 e. The Labute approximate surface area is 140 Å². The molecule has 1 saturated heterocycles. The summed E-state index contributed by atoms with van der Waals surface area (Å²) in [5.74, 6) is -0.436. The molecule has 1 heterocycles. The molecular weight excluding hydrogens is 305 g/mol. The van der Waals surface area contributed by atoms with E-state index >= 15 is 0 Å². The van der Waals surface area contributed by atoms with Gasteiger partial charge >= 0.3 is 0 Å². The van der Waals surface area contributed by atoms with E-state index in [1.165, 1.54) is 6.07 Å². The number of nitrogens with one attached hydrogen (secondary N) is 1. The number of rotatable bonds is 3. The van der Waals surface area contributed by atoms with E-state index in [9.17, 15) is 9.18 Å². The van der Waals surface area contributed by atoms with Crippen molar-refractivity contribution in [1.82, 2.24) is 0 Å². The van der Waals surface area contributed by atoms with Crippen molar-refractivity contribution in [3.05, 3.63) is 59.9 Å². The van der Waals surface area contributed by atoms with Gasteiger partial charge < -0.3 is 10.2 Å². The summed E-state index contributed by atoms with van der Waals surface area (Å²) < 4.78 is 13.8. The van der Waals surface area contributed by atoms with Gasteiger partial charge in [-0.2, -0.15) is 5.26 Å². The van der Waals surface area contributed by atoms with Crippen LogP contribution in [-0.2, 0) is 4.79 Å². The Kier molecular flexibility index (Phi) is 4.76. The first-order chi connectivity index (χ1) is 11.7. The van der Waals surface area contributed by atoms with Crippen molar-refractivity contribution in [3.63, 3.8) is 0 Å². The van der Waals surface area contributed by atoms with Crippen LogP contribution in [0, 0.1) is 23.1 Å². The Hall–Kier alpha value is -2.87. The van der Waals surface area contributed by atoms with E-state index < -0.39 is 0 Å². The lowest BCUT2D eigenvalue weighted by atomic mass is 9.95. The zero-order chi connectivity index (χ0) is 16.9. The molecule has 0 bridgehead atoms. The lowest BCUT2D eigenvalue weighted by molar-refractivity contribution is -0.120. The van der Waals surface area contributed by atoms with Crippen molar-refractivity contribution in [3.8, 4) is 6.07 Å². The topological polar surface area (TPSA) is 56.1 Å². The molecule has 4 nitrogen and oxygen atoms in total. The van der Waals surface area contributed by atoms with E-state index in [2.05, 4.69) is 11.4 Å².